The van der Waals surface area contributed by atoms with Gasteiger partial charge in [-0.15, -0.1) is 0 Å². The number of aliphatic hydroxyl groups excluding tert-OH is 3. The molecule has 2 aliphatic heterocycles. The highest BCUT2D eigenvalue weighted by Crippen LogP contribution is 2.43. The minimum absolute atomic E-state index is 0.0176. The van der Waals surface area contributed by atoms with E-state index >= 15 is 0 Å². The number of ketones is 1. The van der Waals surface area contributed by atoms with Crippen LogP contribution in [-0.4, -0.2) is 73.2 Å². The third-order valence-electron chi connectivity index (χ3n) is 5.41. The number of hydrogen-bond acceptors (Lipinski definition) is 10. The Hall–Kier alpha value is -2.89. The van der Waals surface area contributed by atoms with Crippen molar-refractivity contribution in [3.05, 3.63) is 47.5 Å². The quantitative estimate of drug-likeness (QED) is 0.396. The molecule has 0 bridgehead atoms. The van der Waals surface area contributed by atoms with E-state index in [0.29, 0.717) is 5.56 Å². The van der Waals surface area contributed by atoms with Gasteiger partial charge in [0.15, 0.2) is 18.5 Å². The van der Waals surface area contributed by atoms with E-state index in [1.807, 2.05) is 0 Å². The van der Waals surface area contributed by atoms with E-state index < -0.39 is 54.4 Å². The van der Waals surface area contributed by atoms with Gasteiger partial charge < -0.3 is 44.8 Å². The molecule has 2 aromatic rings. The predicted molar refractivity (Wildman–Crippen MR) is 103 cm³/mol. The predicted octanol–water partition coefficient (Wildman–Crippen LogP) is 0.332. The molecule has 4 rings (SSSR count). The van der Waals surface area contributed by atoms with Gasteiger partial charge in [-0.2, -0.15) is 0 Å². The van der Waals surface area contributed by atoms with E-state index in [2.05, 4.69) is 0 Å². The number of hydrogen-bond donors (Lipinski definition) is 6. The average Bonchev–Trinajstić information content (AvgIpc) is 2.72. The molecule has 31 heavy (non-hydrogen) atoms. The Morgan fingerprint density at radius 3 is 2.26 bits per heavy atom. The first kappa shape index (κ1) is 21.3. The summed E-state index contributed by atoms with van der Waals surface area (Å²) in [5.41, 5.74) is 0.195. The first-order chi connectivity index (χ1) is 14.7. The molecule has 2 heterocycles. The van der Waals surface area contributed by atoms with E-state index in [4.69, 9.17) is 14.2 Å². The summed E-state index contributed by atoms with van der Waals surface area (Å²) in [6, 6.07) is 7.90. The molecule has 7 atom stereocenters. The maximum Gasteiger partial charge on any atom is 0.203 e. The molecule has 0 aromatic heterocycles. The van der Waals surface area contributed by atoms with Gasteiger partial charge in [0.2, 0.25) is 5.78 Å². The van der Waals surface area contributed by atoms with Crippen LogP contribution in [-0.2, 0) is 9.47 Å². The number of ether oxygens (including phenoxy) is 3. The maximum atomic E-state index is 13.3. The highest BCUT2D eigenvalue weighted by atomic mass is 16.7. The van der Waals surface area contributed by atoms with Crippen molar-refractivity contribution in [1.82, 2.24) is 0 Å². The van der Waals surface area contributed by atoms with Crippen LogP contribution in [0.3, 0.4) is 0 Å². The number of phenolic OH excluding ortho intramolecular Hbond substituents is 3. The molecular formula is C21H22O10. The zero-order valence-corrected chi connectivity index (χ0v) is 16.3. The van der Waals surface area contributed by atoms with Gasteiger partial charge >= 0.3 is 0 Å². The molecule has 0 radical (unpaired) electrons. The van der Waals surface area contributed by atoms with Gasteiger partial charge in [0, 0.05) is 12.1 Å². The van der Waals surface area contributed by atoms with Crippen LogP contribution >= 0.6 is 0 Å². The van der Waals surface area contributed by atoms with Crippen LogP contribution in [0.1, 0.15) is 28.9 Å². The summed E-state index contributed by atoms with van der Waals surface area (Å²) >= 11 is 0. The van der Waals surface area contributed by atoms with Gasteiger partial charge in [0.05, 0.1) is 6.10 Å². The Morgan fingerprint density at radius 1 is 0.903 bits per heavy atom. The summed E-state index contributed by atoms with van der Waals surface area (Å²) < 4.78 is 17.0. The fourth-order valence-electron chi connectivity index (χ4n) is 3.72. The van der Waals surface area contributed by atoms with E-state index in [0.717, 1.165) is 6.07 Å². The van der Waals surface area contributed by atoms with Crippen molar-refractivity contribution in [2.75, 3.05) is 0 Å². The molecule has 0 saturated carbocycles. The minimum atomic E-state index is -1.66. The topological polar surface area (TPSA) is 166 Å². The largest absolute Gasteiger partial charge is 0.508 e. The molecule has 10 nitrogen and oxygen atoms in total. The van der Waals surface area contributed by atoms with E-state index in [1.165, 1.54) is 37.3 Å². The van der Waals surface area contributed by atoms with Crippen LogP contribution in [0.5, 0.6) is 23.0 Å². The zero-order chi connectivity index (χ0) is 22.4. The van der Waals surface area contributed by atoms with Crippen molar-refractivity contribution in [2.45, 2.75) is 49.8 Å². The smallest absolute Gasteiger partial charge is 0.203 e. The summed E-state index contributed by atoms with van der Waals surface area (Å²) in [6.07, 6.45) is -9.49. The Labute approximate surface area is 176 Å². The van der Waals surface area contributed by atoms with Crippen LogP contribution < -0.4 is 4.74 Å². The van der Waals surface area contributed by atoms with Gasteiger partial charge in [-0.1, -0.05) is 12.1 Å². The van der Waals surface area contributed by atoms with Gasteiger partial charge in [-0.3, -0.25) is 4.79 Å². The second kappa shape index (κ2) is 7.98. The number of rotatable bonds is 3. The molecule has 6 N–H and O–H groups in total. The van der Waals surface area contributed by atoms with Crippen molar-refractivity contribution in [2.24, 2.45) is 0 Å². The van der Waals surface area contributed by atoms with Crippen molar-refractivity contribution in [1.29, 1.82) is 0 Å². The Kier molecular flexibility index (Phi) is 5.50. The minimum Gasteiger partial charge on any atom is -0.508 e. The van der Waals surface area contributed by atoms with Crippen LogP contribution in [0.2, 0.25) is 0 Å². The lowest BCUT2D eigenvalue weighted by atomic mass is 9.92. The summed E-state index contributed by atoms with van der Waals surface area (Å²) in [5.74, 6) is -1.64. The number of aromatic hydroxyl groups is 3. The van der Waals surface area contributed by atoms with Crippen LogP contribution in [0.15, 0.2) is 36.4 Å². The molecule has 166 valence electrons. The van der Waals surface area contributed by atoms with Crippen LogP contribution in [0.4, 0.5) is 0 Å². The zero-order valence-electron chi connectivity index (χ0n) is 16.3. The monoisotopic (exact) mass is 434 g/mol. The molecule has 0 spiro atoms. The highest BCUT2D eigenvalue weighted by Gasteiger charge is 2.48. The molecule has 0 unspecified atom stereocenters. The molecule has 1 saturated heterocycles. The Morgan fingerprint density at radius 2 is 1.58 bits per heavy atom. The second-order valence-corrected chi connectivity index (χ2v) is 7.57. The standard InChI is InChI=1S/C21H22O10/c1-8-15(25)17(27)18(28)21(29-8)31-20-16(26)14-12(24)6-11(23)7-13(14)30-19(20)9-2-4-10(22)5-3-9/h2-8,15,17-25,27-28H,1H3/t8-,15-,17+,18+,19-,20+,21+/m0/s1. The van der Waals surface area contributed by atoms with E-state index in [-0.39, 0.29) is 22.8 Å². The highest BCUT2D eigenvalue weighted by molar-refractivity contribution is 6.05. The van der Waals surface area contributed by atoms with E-state index in [1.54, 1.807) is 0 Å². The third-order valence-corrected chi connectivity index (χ3v) is 5.41. The van der Waals surface area contributed by atoms with Crippen molar-refractivity contribution < 1.29 is 49.6 Å². The lowest BCUT2D eigenvalue weighted by Gasteiger charge is -2.42. The third kappa shape index (κ3) is 3.80. The van der Waals surface area contributed by atoms with E-state index in [9.17, 15) is 35.4 Å². The number of aliphatic hydroxyl groups is 3. The number of phenols is 3. The molecule has 2 aliphatic rings. The number of carbonyl (C=O) groups excluding carboxylic acids is 1. The molecule has 2 aromatic carbocycles. The molecule has 1 fully saturated rings. The summed E-state index contributed by atoms with van der Waals surface area (Å²) in [6.45, 7) is 1.47. The van der Waals surface area contributed by atoms with Crippen molar-refractivity contribution >= 4 is 5.78 Å². The number of Topliss-reactive ketones (excluding diaryl/α,β-unsaturated/α-hetero) is 1. The summed E-state index contributed by atoms with van der Waals surface area (Å²) in [5, 5.41) is 59.8. The normalized spacial score (nSPS) is 32.9. The van der Waals surface area contributed by atoms with Crippen molar-refractivity contribution in [3.8, 4) is 23.0 Å². The first-order valence-electron chi connectivity index (χ1n) is 9.58. The molecular weight excluding hydrogens is 412 g/mol. The molecule has 0 aliphatic carbocycles. The number of benzene rings is 2. The number of fused-ring (bicyclic) bond motifs is 1. The van der Waals surface area contributed by atoms with Gasteiger partial charge in [0.25, 0.3) is 0 Å². The SMILES string of the molecule is C[C@@H]1O[C@H](O[C@@H]2C(=O)c3c(O)cc(O)cc3O[C@H]2c2ccc(O)cc2)[C@H](O)[C@H](O)[C@H]1O. The Bertz CT molecular complexity index is 975. The summed E-state index contributed by atoms with van der Waals surface area (Å²) in [7, 11) is 0. The van der Waals surface area contributed by atoms with Crippen LogP contribution in [0, 0.1) is 0 Å². The van der Waals surface area contributed by atoms with Crippen molar-refractivity contribution in [3.63, 3.8) is 0 Å². The number of carbonyl (C=O) groups is 1. The summed E-state index contributed by atoms with van der Waals surface area (Å²) in [4.78, 5) is 13.3. The van der Waals surface area contributed by atoms with Gasteiger partial charge in [-0.25, -0.2) is 0 Å². The lowest BCUT2D eigenvalue weighted by Crippen LogP contribution is -2.59. The lowest BCUT2D eigenvalue weighted by molar-refractivity contribution is -0.304. The van der Waals surface area contributed by atoms with Gasteiger partial charge in [0.1, 0.15) is 46.9 Å². The fourth-order valence-corrected chi connectivity index (χ4v) is 3.72. The molecule has 10 heteroatoms. The van der Waals surface area contributed by atoms with Gasteiger partial charge in [-0.05, 0) is 24.6 Å². The fraction of sp³-hybridized carbons (Fsp3) is 0.381. The average molecular weight is 434 g/mol. The second-order valence-electron chi connectivity index (χ2n) is 7.57. The molecule has 0 amide bonds. The Balaban J connectivity index is 1.73. The first-order valence-corrected chi connectivity index (χ1v) is 9.58. The maximum absolute atomic E-state index is 13.3. The van der Waals surface area contributed by atoms with Crippen LogP contribution in [0.25, 0.3) is 0 Å².